The molecule has 4 nitrogen and oxygen atoms in total. The maximum atomic E-state index is 11.9. The third-order valence-corrected chi connectivity index (χ3v) is 2.80. The van der Waals surface area contributed by atoms with E-state index in [1.165, 1.54) is 6.92 Å². The third kappa shape index (κ3) is 3.55. The number of carbonyl (C=O) groups excluding carboxylic acids is 2. The minimum atomic E-state index is -0.129. The Morgan fingerprint density at radius 1 is 0.947 bits per heavy atom. The van der Waals surface area contributed by atoms with Gasteiger partial charge in [-0.05, 0) is 22.9 Å². The van der Waals surface area contributed by atoms with Gasteiger partial charge in [0.15, 0.2) is 0 Å². The molecule has 98 valence electrons. The van der Waals surface area contributed by atoms with E-state index < -0.39 is 0 Å². The minimum absolute atomic E-state index is 0.0973. The number of amides is 2. The van der Waals surface area contributed by atoms with Gasteiger partial charge in [0, 0.05) is 25.6 Å². The summed E-state index contributed by atoms with van der Waals surface area (Å²) in [5.41, 5.74) is 0.626. The first kappa shape index (κ1) is 13.1. The highest BCUT2D eigenvalue weighted by Gasteiger charge is 2.05. The second-order valence-corrected chi connectivity index (χ2v) is 4.30. The summed E-state index contributed by atoms with van der Waals surface area (Å²) in [6, 6.07) is 13.5. The van der Waals surface area contributed by atoms with Gasteiger partial charge in [0.1, 0.15) is 0 Å². The molecule has 0 aliphatic rings. The molecule has 0 aromatic heterocycles. The topological polar surface area (TPSA) is 58.2 Å². The maximum Gasteiger partial charge on any atom is 0.251 e. The molecule has 0 heterocycles. The van der Waals surface area contributed by atoms with Gasteiger partial charge in [-0.1, -0.05) is 30.3 Å². The Bertz CT molecular complexity index is 608. The van der Waals surface area contributed by atoms with Crippen molar-refractivity contribution < 1.29 is 9.59 Å². The van der Waals surface area contributed by atoms with Gasteiger partial charge in [0.05, 0.1) is 0 Å². The first-order chi connectivity index (χ1) is 9.16. The zero-order valence-electron chi connectivity index (χ0n) is 10.8. The normalized spacial score (nSPS) is 10.2. The molecule has 2 aromatic carbocycles. The second kappa shape index (κ2) is 6.00. The van der Waals surface area contributed by atoms with E-state index in [9.17, 15) is 9.59 Å². The van der Waals surface area contributed by atoms with Gasteiger partial charge in [0.25, 0.3) is 5.91 Å². The smallest absolute Gasteiger partial charge is 0.251 e. The van der Waals surface area contributed by atoms with Crippen LogP contribution in [0.1, 0.15) is 17.3 Å². The van der Waals surface area contributed by atoms with Crippen molar-refractivity contribution in [3.05, 3.63) is 48.0 Å². The van der Waals surface area contributed by atoms with Crippen LogP contribution in [0.5, 0.6) is 0 Å². The van der Waals surface area contributed by atoms with E-state index in [1.54, 1.807) is 6.07 Å². The minimum Gasteiger partial charge on any atom is -0.355 e. The predicted octanol–water partition coefficient (Wildman–Crippen LogP) is 1.71. The van der Waals surface area contributed by atoms with E-state index in [2.05, 4.69) is 10.6 Å². The molecule has 0 aliphatic heterocycles. The fourth-order valence-corrected chi connectivity index (χ4v) is 1.85. The molecule has 0 spiro atoms. The number of fused-ring (bicyclic) bond motifs is 1. The van der Waals surface area contributed by atoms with Gasteiger partial charge in [-0.15, -0.1) is 0 Å². The molecule has 0 saturated carbocycles. The van der Waals surface area contributed by atoms with E-state index in [4.69, 9.17) is 0 Å². The van der Waals surface area contributed by atoms with E-state index in [1.807, 2.05) is 36.4 Å². The zero-order chi connectivity index (χ0) is 13.7. The summed E-state index contributed by atoms with van der Waals surface area (Å²) in [5.74, 6) is -0.226. The number of carbonyl (C=O) groups is 2. The van der Waals surface area contributed by atoms with Crippen molar-refractivity contribution in [3.63, 3.8) is 0 Å². The lowest BCUT2D eigenvalue weighted by atomic mass is 10.1. The standard InChI is InChI=1S/C15H16N2O2/c1-11(18)16-8-9-17-15(19)14-7-6-12-4-2-3-5-13(12)10-14/h2-7,10H,8-9H2,1H3,(H,16,18)(H,17,19). The molecule has 19 heavy (non-hydrogen) atoms. The molecule has 0 atom stereocenters. The summed E-state index contributed by atoms with van der Waals surface area (Å²) in [6.07, 6.45) is 0. The van der Waals surface area contributed by atoms with Crippen molar-refractivity contribution in [3.8, 4) is 0 Å². The number of hydrogen-bond acceptors (Lipinski definition) is 2. The first-order valence-corrected chi connectivity index (χ1v) is 6.18. The molecule has 4 heteroatoms. The number of nitrogens with one attached hydrogen (secondary N) is 2. The Kier molecular flexibility index (Phi) is 4.13. The monoisotopic (exact) mass is 256 g/mol. The summed E-state index contributed by atoms with van der Waals surface area (Å²) in [5, 5.41) is 7.54. The van der Waals surface area contributed by atoms with Crippen LogP contribution in [0.2, 0.25) is 0 Å². The van der Waals surface area contributed by atoms with Crippen LogP contribution in [0.15, 0.2) is 42.5 Å². The molecular formula is C15H16N2O2. The average molecular weight is 256 g/mol. The van der Waals surface area contributed by atoms with Crippen LogP contribution < -0.4 is 10.6 Å². The fourth-order valence-electron chi connectivity index (χ4n) is 1.85. The Hall–Kier alpha value is -2.36. The fraction of sp³-hybridized carbons (Fsp3) is 0.200. The molecule has 2 aromatic rings. The van der Waals surface area contributed by atoms with Gasteiger partial charge in [-0.25, -0.2) is 0 Å². The van der Waals surface area contributed by atoms with Crippen molar-refractivity contribution in [2.75, 3.05) is 13.1 Å². The van der Waals surface area contributed by atoms with Crippen LogP contribution in [0.4, 0.5) is 0 Å². The zero-order valence-corrected chi connectivity index (χ0v) is 10.8. The van der Waals surface area contributed by atoms with Crippen LogP contribution in [0, 0.1) is 0 Å². The number of benzene rings is 2. The van der Waals surface area contributed by atoms with E-state index in [0.717, 1.165) is 10.8 Å². The highest BCUT2D eigenvalue weighted by Crippen LogP contribution is 2.15. The van der Waals surface area contributed by atoms with Gasteiger partial charge in [-0.2, -0.15) is 0 Å². The summed E-state index contributed by atoms with van der Waals surface area (Å²) >= 11 is 0. The highest BCUT2D eigenvalue weighted by molar-refractivity contribution is 5.98. The van der Waals surface area contributed by atoms with Crippen LogP contribution in [-0.4, -0.2) is 24.9 Å². The molecule has 2 rings (SSSR count). The Morgan fingerprint density at radius 2 is 1.63 bits per heavy atom. The van der Waals surface area contributed by atoms with Crippen molar-refractivity contribution >= 4 is 22.6 Å². The largest absolute Gasteiger partial charge is 0.355 e. The predicted molar refractivity (Wildman–Crippen MR) is 75.0 cm³/mol. The summed E-state index contributed by atoms with van der Waals surface area (Å²) < 4.78 is 0. The van der Waals surface area contributed by atoms with Crippen LogP contribution in [0.3, 0.4) is 0 Å². The third-order valence-electron chi connectivity index (χ3n) is 2.80. The Morgan fingerprint density at radius 3 is 2.37 bits per heavy atom. The summed E-state index contributed by atoms with van der Waals surface area (Å²) in [6.45, 7) is 2.31. The quantitative estimate of drug-likeness (QED) is 0.818. The molecule has 0 aliphatic carbocycles. The molecule has 0 unspecified atom stereocenters. The van der Waals surface area contributed by atoms with Gasteiger partial charge in [-0.3, -0.25) is 9.59 Å². The molecule has 0 saturated heterocycles. The second-order valence-electron chi connectivity index (χ2n) is 4.30. The molecule has 2 amide bonds. The van der Waals surface area contributed by atoms with Crippen LogP contribution >= 0.6 is 0 Å². The van der Waals surface area contributed by atoms with Crippen LogP contribution in [0.25, 0.3) is 10.8 Å². The summed E-state index contributed by atoms with van der Waals surface area (Å²) in [4.78, 5) is 22.6. The lowest BCUT2D eigenvalue weighted by molar-refractivity contribution is -0.118. The van der Waals surface area contributed by atoms with Gasteiger partial charge < -0.3 is 10.6 Å². The molecule has 0 bridgehead atoms. The lowest BCUT2D eigenvalue weighted by Gasteiger charge is -2.06. The first-order valence-electron chi connectivity index (χ1n) is 6.18. The Labute approximate surface area is 111 Å². The van der Waals surface area contributed by atoms with Gasteiger partial charge >= 0.3 is 0 Å². The van der Waals surface area contributed by atoms with Gasteiger partial charge in [0.2, 0.25) is 5.91 Å². The van der Waals surface area contributed by atoms with E-state index in [0.29, 0.717) is 18.7 Å². The summed E-state index contributed by atoms with van der Waals surface area (Å²) in [7, 11) is 0. The van der Waals surface area contributed by atoms with Crippen LogP contribution in [-0.2, 0) is 4.79 Å². The van der Waals surface area contributed by atoms with Crippen molar-refractivity contribution in [1.82, 2.24) is 10.6 Å². The molecule has 2 N–H and O–H groups in total. The van der Waals surface area contributed by atoms with Crippen molar-refractivity contribution in [1.29, 1.82) is 0 Å². The number of rotatable bonds is 4. The van der Waals surface area contributed by atoms with E-state index >= 15 is 0 Å². The molecule has 0 radical (unpaired) electrons. The van der Waals surface area contributed by atoms with E-state index in [-0.39, 0.29) is 11.8 Å². The highest BCUT2D eigenvalue weighted by atomic mass is 16.2. The average Bonchev–Trinajstić information content (AvgIpc) is 2.42. The molecule has 0 fully saturated rings. The Balaban J connectivity index is 1.99. The molecular weight excluding hydrogens is 240 g/mol. The maximum absolute atomic E-state index is 11.9. The van der Waals surface area contributed by atoms with Crippen molar-refractivity contribution in [2.45, 2.75) is 6.92 Å². The SMILES string of the molecule is CC(=O)NCCNC(=O)c1ccc2ccccc2c1. The number of hydrogen-bond donors (Lipinski definition) is 2. The van der Waals surface area contributed by atoms with Crippen molar-refractivity contribution in [2.24, 2.45) is 0 Å². The lowest BCUT2D eigenvalue weighted by Crippen LogP contribution is -2.33.